The number of hydrogen-bond donors (Lipinski definition) is 2. The fourth-order valence-corrected chi connectivity index (χ4v) is 2.29. The number of halogens is 4. The van der Waals surface area contributed by atoms with Crippen molar-refractivity contribution in [3.63, 3.8) is 0 Å². The number of methoxy groups -OCH3 is 1. The highest BCUT2D eigenvalue weighted by molar-refractivity contribution is 8.93. The molecule has 1 heterocycles. The number of nitrogens with one attached hydrogen (secondary N) is 1. The summed E-state index contributed by atoms with van der Waals surface area (Å²) in [5, 5.41) is 8.10. The lowest BCUT2D eigenvalue weighted by molar-refractivity contribution is 0.0997. The Balaban J connectivity index is 0.00000264. The monoisotopic (exact) mass is 407 g/mol. The lowest BCUT2D eigenvalue weighted by atomic mass is 10.1. The molecule has 0 saturated heterocycles. The Labute approximate surface area is 145 Å². The molecule has 1 aromatic heterocycles. The first-order valence-electron chi connectivity index (χ1n) is 6.09. The molecule has 1 aromatic carbocycles. The van der Waals surface area contributed by atoms with Crippen LogP contribution < -0.4 is 16.0 Å². The number of ether oxygens (including phenoxy) is 1. The van der Waals surface area contributed by atoms with Gasteiger partial charge in [-0.25, -0.2) is 8.78 Å². The van der Waals surface area contributed by atoms with Gasteiger partial charge in [-0.2, -0.15) is 0 Å². The van der Waals surface area contributed by atoms with E-state index in [-0.39, 0.29) is 50.9 Å². The minimum atomic E-state index is -0.859. The first-order valence-corrected chi connectivity index (χ1v) is 6.47. The molecule has 2 aromatic rings. The third-order valence-corrected chi connectivity index (χ3v) is 3.21. The number of nitrogens with two attached hydrogens (primary N) is 1. The maximum Gasteiger partial charge on any atom is 0.252 e. The maximum atomic E-state index is 13.7. The van der Waals surface area contributed by atoms with Crippen LogP contribution in [0.1, 0.15) is 15.9 Å². The Kier molecular flexibility index (Phi) is 6.28. The van der Waals surface area contributed by atoms with E-state index in [0.717, 1.165) is 6.07 Å². The number of benzene rings is 1. The molecule has 9 heteroatoms. The van der Waals surface area contributed by atoms with Crippen LogP contribution >= 0.6 is 28.6 Å². The zero-order valence-corrected chi connectivity index (χ0v) is 14.4. The number of nitrogens with zero attached hydrogens (tertiary/aromatic N) is 1. The van der Waals surface area contributed by atoms with Crippen LogP contribution in [0, 0.1) is 17.0 Å². The summed E-state index contributed by atoms with van der Waals surface area (Å²) in [6, 6.07) is 3.03. The first-order chi connectivity index (χ1) is 10.3. The Morgan fingerprint density at radius 2 is 2.04 bits per heavy atom. The summed E-state index contributed by atoms with van der Waals surface area (Å²) in [6.45, 7) is -0.114. The van der Waals surface area contributed by atoms with Crippen molar-refractivity contribution in [2.75, 3.05) is 7.11 Å². The number of pyridine rings is 1. The van der Waals surface area contributed by atoms with E-state index in [0.29, 0.717) is 6.07 Å². The molecule has 0 aliphatic rings. The quantitative estimate of drug-likeness (QED) is 0.815. The molecule has 0 fully saturated rings. The summed E-state index contributed by atoms with van der Waals surface area (Å²) in [5.41, 5.74) is 5.02. The Morgan fingerprint density at radius 3 is 2.61 bits per heavy atom. The number of carbonyl (C=O) groups is 1. The van der Waals surface area contributed by atoms with Crippen LogP contribution in [-0.4, -0.2) is 17.6 Å². The number of aromatic nitrogens is 1. The summed E-state index contributed by atoms with van der Waals surface area (Å²) in [7, 11) is 1.25. The standard InChI is InChI=1S/C14H12ClF2N3O2.BrH/c1-22-12-7(2-9(16)4-11(12)17)5-20-6-8(15)3-10(13(20)18)14(19)21;/h2-4,6,18H,5H2,1H3,(H2,19,21);1H. The van der Waals surface area contributed by atoms with Gasteiger partial charge in [0, 0.05) is 17.8 Å². The third kappa shape index (κ3) is 4.08. The molecule has 1 amide bonds. The molecule has 2 rings (SSSR count). The lowest BCUT2D eigenvalue weighted by Crippen LogP contribution is -2.30. The van der Waals surface area contributed by atoms with E-state index in [9.17, 15) is 13.6 Å². The van der Waals surface area contributed by atoms with Gasteiger partial charge in [0.25, 0.3) is 5.91 Å². The van der Waals surface area contributed by atoms with Crippen molar-refractivity contribution in [1.82, 2.24) is 4.57 Å². The minimum Gasteiger partial charge on any atom is -0.493 e. The van der Waals surface area contributed by atoms with Crippen LogP contribution in [0.25, 0.3) is 0 Å². The van der Waals surface area contributed by atoms with Crippen LogP contribution in [-0.2, 0) is 6.54 Å². The van der Waals surface area contributed by atoms with Gasteiger partial charge in [-0.05, 0) is 12.1 Å². The van der Waals surface area contributed by atoms with Crippen molar-refractivity contribution >= 4 is 34.5 Å². The second-order valence-corrected chi connectivity index (χ2v) is 4.93. The highest BCUT2D eigenvalue weighted by Crippen LogP contribution is 2.24. The third-order valence-electron chi connectivity index (χ3n) is 3.00. The molecule has 3 N–H and O–H groups in total. The topological polar surface area (TPSA) is 81.1 Å². The van der Waals surface area contributed by atoms with Gasteiger partial charge < -0.3 is 15.0 Å². The van der Waals surface area contributed by atoms with E-state index in [1.54, 1.807) is 0 Å². The van der Waals surface area contributed by atoms with E-state index >= 15 is 0 Å². The number of primary amides is 1. The largest absolute Gasteiger partial charge is 0.493 e. The van der Waals surface area contributed by atoms with Crippen molar-refractivity contribution in [2.24, 2.45) is 5.73 Å². The molecule has 5 nitrogen and oxygen atoms in total. The second-order valence-electron chi connectivity index (χ2n) is 4.49. The Hall–Kier alpha value is -1.93. The summed E-state index contributed by atoms with van der Waals surface area (Å²) >= 11 is 5.88. The Bertz CT molecular complexity index is 811. The van der Waals surface area contributed by atoms with E-state index in [1.165, 1.54) is 23.9 Å². The minimum absolute atomic E-state index is 0. The number of amides is 1. The molecular weight excluding hydrogens is 396 g/mol. The molecule has 0 saturated carbocycles. The van der Waals surface area contributed by atoms with Gasteiger partial charge in [0.2, 0.25) is 0 Å². The average molecular weight is 409 g/mol. The molecule has 0 unspecified atom stereocenters. The van der Waals surface area contributed by atoms with Crippen LogP contribution in [0.15, 0.2) is 24.4 Å². The van der Waals surface area contributed by atoms with Gasteiger partial charge in [-0.1, -0.05) is 11.6 Å². The van der Waals surface area contributed by atoms with Gasteiger partial charge in [-0.15, -0.1) is 17.0 Å². The highest BCUT2D eigenvalue weighted by atomic mass is 79.9. The molecule has 23 heavy (non-hydrogen) atoms. The highest BCUT2D eigenvalue weighted by Gasteiger charge is 2.14. The molecule has 0 aliphatic carbocycles. The van der Waals surface area contributed by atoms with Gasteiger partial charge in [0.05, 0.1) is 24.2 Å². The number of hydrogen-bond acceptors (Lipinski definition) is 3. The predicted octanol–water partition coefficient (Wildman–Crippen LogP) is 2.63. The van der Waals surface area contributed by atoms with Crippen LogP contribution in [0.4, 0.5) is 8.78 Å². The molecule has 124 valence electrons. The normalized spacial score (nSPS) is 10.1. The zero-order valence-electron chi connectivity index (χ0n) is 11.9. The van der Waals surface area contributed by atoms with E-state index < -0.39 is 17.5 Å². The fourth-order valence-electron chi connectivity index (χ4n) is 2.07. The molecule has 0 atom stereocenters. The lowest BCUT2D eigenvalue weighted by Gasteiger charge is -2.13. The van der Waals surface area contributed by atoms with E-state index in [2.05, 4.69) is 0 Å². The summed E-state index contributed by atoms with van der Waals surface area (Å²) in [4.78, 5) is 11.3. The second kappa shape index (κ2) is 7.56. The average Bonchev–Trinajstić information content (AvgIpc) is 2.41. The molecule has 0 spiro atoms. The van der Waals surface area contributed by atoms with Crippen molar-refractivity contribution in [3.05, 3.63) is 57.7 Å². The number of carbonyl (C=O) groups excluding carboxylic acids is 1. The van der Waals surface area contributed by atoms with Crippen molar-refractivity contribution in [2.45, 2.75) is 6.54 Å². The van der Waals surface area contributed by atoms with Gasteiger partial charge in [0.15, 0.2) is 11.6 Å². The zero-order chi connectivity index (χ0) is 16.4. The van der Waals surface area contributed by atoms with Crippen LogP contribution in [0.5, 0.6) is 5.75 Å². The molecular formula is C14H13BrClF2N3O2. The summed E-state index contributed by atoms with van der Waals surface area (Å²) in [5.74, 6) is -2.60. The maximum absolute atomic E-state index is 13.7. The molecule has 0 radical (unpaired) electrons. The first kappa shape index (κ1) is 19.1. The number of rotatable bonds is 4. The van der Waals surface area contributed by atoms with Crippen molar-refractivity contribution in [1.29, 1.82) is 5.41 Å². The smallest absolute Gasteiger partial charge is 0.252 e. The van der Waals surface area contributed by atoms with Gasteiger partial charge in [-0.3, -0.25) is 10.2 Å². The predicted molar refractivity (Wildman–Crippen MR) is 86.1 cm³/mol. The van der Waals surface area contributed by atoms with Crippen LogP contribution in [0.2, 0.25) is 5.02 Å². The van der Waals surface area contributed by atoms with E-state index in [4.69, 9.17) is 27.5 Å². The summed E-state index contributed by atoms with van der Waals surface area (Å²) < 4.78 is 33.2. The molecule has 0 bridgehead atoms. The van der Waals surface area contributed by atoms with Crippen molar-refractivity contribution < 1.29 is 18.3 Å². The fraction of sp³-hybridized carbons (Fsp3) is 0.143. The van der Waals surface area contributed by atoms with Crippen LogP contribution in [0.3, 0.4) is 0 Å². The van der Waals surface area contributed by atoms with Gasteiger partial charge >= 0.3 is 0 Å². The Morgan fingerprint density at radius 1 is 1.39 bits per heavy atom. The summed E-state index contributed by atoms with van der Waals surface area (Å²) in [6.07, 6.45) is 1.36. The SMILES string of the molecule is Br.COc1c(F)cc(F)cc1Cn1cc(Cl)cc(C(N)=O)c1=N. The van der Waals surface area contributed by atoms with Gasteiger partial charge in [0.1, 0.15) is 11.3 Å². The van der Waals surface area contributed by atoms with E-state index in [1.807, 2.05) is 0 Å². The molecule has 0 aliphatic heterocycles. The van der Waals surface area contributed by atoms with Crippen molar-refractivity contribution in [3.8, 4) is 5.75 Å².